The third-order valence-corrected chi connectivity index (χ3v) is 5.71. The van der Waals surface area contributed by atoms with Gasteiger partial charge in [-0.15, -0.1) is 22.7 Å². The first kappa shape index (κ1) is 14.3. The van der Waals surface area contributed by atoms with Crippen LogP contribution in [0.3, 0.4) is 0 Å². The largest absolute Gasteiger partial charge is 0.478 e. The molecule has 1 aliphatic rings. The zero-order chi connectivity index (χ0) is 14.8. The maximum absolute atomic E-state index is 12.0. The van der Waals surface area contributed by atoms with Crippen molar-refractivity contribution in [3.05, 3.63) is 38.4 Å². The van der Waals surface area contributed by atoms with E-state index >= 15 is 0 Å². The van der Waals surface area contributed by atoms with Gasteiger partial charge < -0.3 is 10.4 Å². The second-order valence-electron chi connectivity index (χ2n) is 4.99. The number of anilines is 1. The lowest BCUT2D eigenvalue weighted by Gasteiger charge is -2.05. The molecule has 0 fully saturated rings. The van der Waals surface area contributed by atoms with E-state index in [0.29, 0.717) is 23.4 Å². The predicted molar refractivity (Wildman–Crippen MR) is 84.6 cm³/mol. The van der Waals surface area contributed by atoms with Crippen LogP contribution in [0.1, 0.15) is 38.5 Å². The minimum Gasteiger partial charge on any atom is -0.478 e. The lowest BCUT2D eigenvalue weighted by molar-refractivity contribution is -0.116. The topological polar surface area (TPSA) is 66.4 Å². The highest BCUT2D eigenvalue weighted by Gasteiger charge is 2.27. The SMILES string of the molecule is O=C(CCc1cccs1)Nc1sc2c(c1C(=O)O)CCC2. The van der Waals surface area contributed by atoms with Gasteiger partial charge in [0.15, 0.2) is 0 Å². The molecule has 2 N–H and O–H groups in total. The molecule has 3 rings (SSSR count). The van der Waals surface area contributed by atoms with E-state index in [1.54, 1.807) is 11.3 Å². The Kier molecular flexibility index (Phi) is 4.07. The number of amides is 1. The molecule has 21 heavy (non-hydrogen) atoms. The molecular formula is C15H15NO3S2. The molecule has 2 heterocycles. The number of nitrogens with one attached hydrogen (secondary N) is 1. The Morgan fingerprint density at radius 3 is 2.90 bits per heavy atom. The molecule has 0 bridgehead atoms. The van der Waals surface area contributed by atoms with Gasteiger partial charge in [0, 0.05) is 16.2 Å². The van der Waals surface area contributed by atoms with E-state index in [9.17, 15) is 14.7 Å². The molecule has 1 amide bonds. The van der Waals surface area contributed by atoms with Gasteiger partial charge in [-0.25, -0.2) is 4.79 Å². The summed E-state index contributed by atoms with van der Waals surface area (Å²) in [5.41, 5.74) is 1.22. The quantitative estimate of drug-likeness (QED) is 0.885. The van der Waals surface area contributed by atoms with Crippen molar-refractivity contribution in [1.29, 1.82) is 0 Å². The molecule has 2 aromatic heterocycles. The average molecular weight is 321 g/mol. The zero-order valence-corrected chi connectivity index (χ0v) is 13.0. The van der Waals surface area contributed by atoms with Gasteiger partial charge in [-0.2, -0.15) is 0 Å². The van der Waals surface area contributed by atoms with E-state index in [1.165, 1.54) is 11.3 Å². The summed E-state index contributed by atoms with van der Waals surface area (Å²) >= 11 is 3.05. The van der Waals surface area contributed by atoms with E-state index in [2.05, 4.69) is 5.32 Å². The van der Waals surface area contributed by atoms with Crippen LogP contribution in [0.4, 0.5) is 5.00 Å². The van der Waals surface area contributed by atoms with Crippen LogP contribution in [-0.4, -0.2) is 17.0 Å². The van der Waals surface area contributed by atoms with E-state index in [1.807, 2.05) is 17.5 Å². The molecule has 0 saturated carbocycles. The van der Waals surface area contributed by atoms with Crippen molar-refractivity contribution >= 4 is 39.6 Å². The van der Waals surface area contributed by atoms with Crippen LogP contribution >= 0.6 is 22.7 Å². The van der Waals surface area contributed by atoms with Crippen molar-refractivity contribution in [2.45, 2.75) is 32.1 Å². The van der Waals surface area contributed by atoms with Crippen molar-refractivity contribution in [2.75, 3.05) is 5.32 Å². The average Bonchev–Trinajstić information content (AvgIpc) is 3.11. The van der Waals surface area contributed by atoms with Crippen LogP contribution in [0.2, 0.25) is 0 Å². The van der Waals surface area contributed by atoms with Gasteiger partial charge in [0.1, 0.15) is 5.00 Å². The van der Waals surface area contributed by atoms with Crippen molar-refractivity contribution in [3.8, 4) is 0 Å². The number of aromatic carboxylic acids is 1. The van der Waals surface area contributed by atoms with Crippen LogP contribution in [0.25, 0.3) is 0 Å². The summed E-state index contributed by atoms with van der Waals surface area (Å²) in [6, 6.07) is 3.96. The monoisotopic (exact) mass is 321 g/mol. The minimum atomic E-state index is -0.942. The van der Waals surface area contributed by atoms with Crippen LogP contribution in [0.15, 0.2) is 17.5 Å². The highest BCUT2D eigenvalue weighted by molar-refractivity contribution is 7.17. The molecule has 2 aromatic rings. The molecule has 0 radical (unpaired) electrons. The molecule has 0 aromatic carbocycles. The van der Waals surface area contributed by atoms with Crippen molar-refractivity contribution in [3.63, 3.8) is 0 Å². The third-order valence-electron chi connectivity index (χ3n) is 3.57. The van der Waals surface area contributed by atoms with Gasteiger partial charge in [0.05, 0.1) is 5.56 Å². The molecule has 110 valence electrons. The second kappa shape index (κ2) is 5.99. The summed E-state index contributed by atoms with van der Waals surface area (Å²) in [4.78, 5) is 25.7. The number of hydrogen-bond donors (Lipinski definition) is 2. The fourth-order valence-corrected chi connectivity index (χ4v) is 4.61. The Hall–Kier alpha value is -1.66. The van der Waals surface area contributed by atoms with Crippen LogP contribution in [-0.2, 0) is 24.1 Å². The predicted octanol–water partition coefficient (Wildman–Crippen LogP) is 3.57. The molecule has 1 aliphatic carbocycles. The van der Waals surface area contributed by atoms with Crippen molar-refractivity contribution in [1.82, 2.24) is 0 Å². The van der Waals surface area contributed by atoms with Crippen molar-refractivity contribution < 1.29 is 14.7 Å². The van der Waals surface area contributed by atoms with E-state index < -0.39 is 5.97 Å². The second-order valence-corrected chi connectivity index (χ2v) is 7.13. The first-order valence-electron chi connectivity index (χ1n) is 6.85. The summed E-state index contributed by atoms with van der Waals surface area (Å²) in [6.45, 7) is 0. The highest BCUT2D eigenvalue weighted by Crippen LogP contribution is 2.39. The van der Waals surface area contributed by atoms with E-state index in [0.717, 1.165) is 34.6 Å². The Balaban J connectivity index is 1.70. The fourth-order valence-electron chi connectivity index (χ4n) is 2.60. The summed E-state index contributed by atoms with van der Waals surface area (Å²) in [5.74, 6) is -1.06. The van der Waals surface area contributed by atoms with E-state index in [-0.39, 0.29) is 5.91 Å². The molecule has 6 heteroatoms. The number of fused-ring (bicyclic) bond motifs is 1. The number of hydrogen-bond acceptors (Lipinski definition) is 4. The maximum Gasteiger partial charge on any atom is 0.339 e. The first-order chi connectivity index (χ1) is 10.1. The van der Waals surface area contributed by atoms with Crippen LogP contribution in [0, 0.1) is 0 Å². The maximum atomic E-state index is 12.0. The number of carboxylic acids is 1. The Bertz CT molecular complexity index is 673. The number of carboxylic acid groups (broad SMARTS) is 1. The number of aryl methyl sites for hydroxylation is 2. The highest BCUT2D eigenvalue weighted by atomic mass is 32.1. The minimum absolute atomic E-state index is 0.120. The number of carbonyl (C=O) groups is 2. The molecule has 4 nitrogen and oxygen atoms in total. The lowest BCUT2D eigenvalue weighted by Crippen LogP contribution is -2.14. The Morgan fingerprint density at radius 2 is 2.19 bits per heavy atom. The number of thiophene rings is 2. The molecule has 0 aliphatic heterocycles. The standard InChI is InChI=1S/C15H15NO3S2/c17-12(7-6-9-3-2-8-20-9)16-14-13(15(18)19)10-4-1-5-11(10)21-14/h2-3,8H,1,4-7H2,(H,16,17)(H,18,19). The molecule has 0 spiro atoms. The van der Waals surface area contributed by atoms with Gasteiger partial charge >= 0.3 is 5.97 Å². The molecule has 0 atom stereocenters. The number of rotatable bonds is 5. The summed E-state index contributed by atoms with van der Waals surface area (Å²) in [6.07, 6.45) is 3.80. The summed E-state index contributed by atoms with van der Waals surface area (Å²) in [7, 11) is 0. The summed E-state index contributed by atoms with van der Waals surface area (Å²) < 4.78 is 0. The lowest BCUT2D eigenvalue weighted by atomic mass is 10.1. The van der Waals surface area contributed by atoms with Gasteiger partial charge in [-0.05, 0) is 42.7 Å². The van der Waals surface area contributed by atoms with Gasteiger partial charge in [0.25, 0.3) is 0 Å². The first-order valence-corrected chi connectivity index (χ1v) is 8.55. The number of carbonyl (C=O) groups excluding carboxylic acids is 1. The van der Waals surface area contributed by atoms with Crippen LogP contribution < -0.4 is 5.32 Å². The Labute approximate surface area is 130 Å². The fraction of sp³-hybridized carbons (Fsp3) is 0.333. The third kappa shape index (κ3) is 3.01. The molecular weight excluding hydrogens is 306 g/mol. The zero-order valence-electron chi connectivity index (χ0n) is 11.3. The van der Waals surface area contributed by atoms with Gasteiger partial charge in [-0.3, -0.25) is 4.79 Å². The van der Waals surface area contributed by atoms with Crippen LogP contribution in [0.5, 0.6) is 0 Å². The van der Waals surface area contributed by atoms with E-state index in [4.69, 9.17) is 0 Å². The molecule has 0 unspecified atom stereocenters. The smallest absolute Gasteiger partial charge is 0.339 e. The normalized spacial score (nSPS) is 13.1. The molecule has 0 saturated heterocycles. The van der Waals surface area contributed by atoms with Crippen molar-refractivity contribution in [2.24, 2.45) is 0 Å². The van der Waals surface area contributed by atoms with Gasteiger partial charge in [-0.1, -0.05) is 6.07 Å². The Morgan fingerprint density at radius 1 is 1.33 bits per heavy atom. The summed E-state index contributed by atoms with van der Waals surface area (Å²) in [5, 5.41) is 14.6. The van der Waals surface area contributed by atoms with Gasteiger partial charge in [0.2, 0.25) is 5.91 Å².